The number of piperazine rings is 1. The summed E-state index contributed by atoms with van der Waals surface area (Å²) in [5.74, 6) is 0.485. The van der Waals surface area contributed by atoms with E-state index in [1.807, 2.05) is 34.8 Å². The number of allylic oxidation sites excluding steroid dienone is 1. The van der Waals surface area contributed by atoms with Crippen LogP contribution in [0.25, 0.3) is 33.8 Å². The van der Waals surface area contributed by atoms with Gasteiger partial charge in [-0.05, 0) is 97.7 Å². The van der Waals surface area contributed by atoms with Gasteiger partial charge in [-0.2, -0.15) is 5.10 Å². The van der Waals surface area contributed by atoms with Crippen LogP contribution >= 0.6 is 0 Å². The van der Waals surface area contributed by atoms with Gasteiger partial charge in [-0.3, -0.25) is 19.2 Å². The molecule has 2 aromatic heterocycles. The molecule has 5 heterocycles. The van der Waals surface area contributed by atoms with Crippen molar-refractivity contribution in [3.63, 3.8) is 0 Å². The molecule has 1 N–H and O–H groups in total. The minimum Gasteiger partial charge on any atom is -0.497 e. The maximum atomic E-state index is 14.4. The van der Waals surface area contributed by atoms with Gasteiger partial charge in [0.1, 0.15) is 5.75 Å². The number of methoxy groups -OCH3 is 1. The predicted molar refractivity (Wildman–Crippen MR) is 210 cm³/mol. The second kappa shape index (κ2) is 13.7. The molecule has 284 valence electrons. The van der Waals surface area contributed by atoms with Gasteiger partial charge in [0.05, 0.1) is 42.1 Å². The second-order valence-electron chi connectivity index (χ2n) is 16.0. The van der Waals surface area contributed by atoms with Gasteiger partial charge < -0.3 is 14.2 Å². The molecule has 0 spiro atoms. The average molecular weight is 751 g/mol. The summed E-state index contributed by atoms with van der Waals surface area (Å²) in [6.45, 7) is 5.23. The van der Waals surface area contributed by atoms with E-state index < -0.39 is 21.2 Å². The first-order chi connectivity index (χ1) is 26.1. The number of nitrogens with zero attached hydrogens (tertiary/aromatic N) is 5. The number of likely N-dealkylation sites (tertiary alicyclic amines) is 2. The molecule has 5 aliphatic rings. The summed E-state index contributed by atoms with van der Waals surface area (Å²) in [5.41, 5.74) is 7.89. The number of benzene rings is 2. The van der Waals surface area contributed by atoms with Crippen molar-refractivity contribution < 1.29 is 22.7 Å². The molecular weight excluding hydrogens is 701 g/mol. The lowest BCUT2D eigenvalue weighted by Crippen LogP contribution is -2.48. The number of carbonyl (C=O) groups is 2. The van der Waals surface area contributed by atoms with E-state index in [1.165, 1.54) is 12.0 Å². The Balaban J connectivity index is 1.19. The molecule has 0 radical (unpaired) electrons. The minimum atomic E-state index is -3.79. The Morgan fingerprint density at radius 1 is 0.944 bits per heavy atom. The fraction of sp³-hybridized carbons (Fsp3) is 0.500. The van der Waals surface area contributed by atoms with Crippen LogP contribution in [-0.2, 0) is 23.6 Å². The molecule has 3 aliphatic heterocycles. The fourth-order valence-electron chi connectivity index (χ4n) is 10.3. The quantitative estimate of drug-likeness (QED) is 0.216. The van der Waals surface area contributed by atoms with E-state index in [-0.39, 0.29) is 11.9 Å². The summed E-state index contributed by atoms with van der Waals surface area (Å²) >= 11 is 0. The summed E-state index contributed by atoms with van der Waals surface area (Å²) in [6, 6.07) is 12.5. The highest BCUT2D eigenvalue weighted by molar-refractivity contribution is 7.90. The number of nitrogens with one attached hydrogen (secondary N) is 1. The maximum absolute atomic E-state index is 14.4. The Kier molecular flexibility index (Phi) is 8.96. The van der Waals surface area contributed by atoms with Crippen molar-refractivity contribution in [1.29, 1.82) is 0 Å². The van der Waals surface area contributed by atoms with Crippen LogP contribution in [-0.4, -0.2) is 88.5 Å². The van der Waals surface area contributed by atoms with Crippen LogP contribution in [0, 0.1) is 0 Å². The zero-order chi connectivity index (χ0) is 37.3. The monoisotopic (exact) mass is 750 g/mol. The number of carbonyl (C=O) groups excluding carboxylic acids is 2. The van der Waals surface area contributed by atoms with E-state index >= 15 is 0 Å². The topological polar surface area (TPSA) is 119 Å². The first-order valence-electron chi connectivity index (χ1n) is 19.8. The van der Waals surface area contributed by atoms with Crippen molar-refractivity contribution >= 4 is 44.4 Å². The molecule has 54 heavy (non-hydrogen) atoms. The number of hydrogen-bond donors (Lipinski definition) is 1. The third kappa shape index (κ3) is 5.87. The Bertz CT molecular complexity index is 2290. The Morgan fingerprint density at radius 3 is 2.44 bits per heavy atom. The van der Waals surface area contributed by atoms with Gasteiger partial charge in [-0.15, -0.1) is 0 Å². The second-order valence-corrected chi connectivity index (χ2v) is 18.0. The zero-order valence-corrected chi connectivity index (χ0v) is 32.3. The number of aryl methyl sites for hydroxylation is 1. The SMILES string of the molecule is CCN1CC2C[C@H]1CN2C(=O)c1cnn(C)c1C1=Cc2cc(OC)ccc2-c2c(C3CCCCC3)c3ccc(C(=O)NS(=O)(=O)C4CCCC4)cc3n2C1. The number of likely N-dealkylation sites (N-methyl/N-ethyl adjacent to an activating group) is 1. The molecule has 2 amide bonds. The Hall–Kier alpha value is -4.42. The minimum absolute atomic E-state index is 0.0141. The van der Waals surface area contributed by atoms with E-state index in [4.69, 9.17) is 4.74 Å². The van der Waals surface area contributed by atoms with E-state index in [9.17, 15) is 18.0 Å². The van der Waals surface area contributed by atoms with Gasteiger partial charge >= 0.3 is 0 Å². The highest BCUT2D eigenvalue weighted by Gasteiger charge is 2.45. The van der Waals surface area contributed by atoms with Crippen LogP contribution in [0.1, 0.15) is 115 Å². The van der Waals surface area contributed by atoms with Gasteiger partial charge in [0.2, 0.25) is 10.0 Å². The van der Waals surface area contributed by atoms with Crippen LogP contribution < -0.4 is 9.46 Å². The Morgan fingerprint density at radius 2 is 1.72 bits per heavy atom. The summed E-state index contributed by atoms with van der Waals surface area (Å²) in [5, 5.41) is 5.21. The number of ether oxygens (including phenoxy) is 1. The lowest BCUT2D eigenvalue weighted by Gasteiger charge is -2.33. The van der Waals surface area contributed by atoms with E-state index in [0.29, 0.717) is 42.5 Å². The van der Waals surface area contributed by atoms with Crippen LogP contribution in [0.4, 0.5) is 0 Å². The first kappa shape index (κ1) is 35.3. The van der Waals surface area contributed by atoms with Crippen LogP contribution in [0.5, 0.6) is 5.75 Å². The van der Waals surface area contributed by atoms with Gasteiger partial charge in [-0.25, -0.2) is 13.1 Å². The number of sulfonamides is 1. The van der Waals surface area contributed by atoms with Crippen LogP contribution in [0.2, 0.25) is 0 Å². The molecule has 2 aromatic carbocycles. The summed E-state index contributed by atoms with van der Waals surface area (Å²) in [4.78, 5) is 32.7. The highest BCUT2D eigenvalue weighted by atomic mass is 32.2. The molecule has 4 aromatic rings. The van der Waals surface area contributed by atoms with E-state index in [0.717, 1.165) is 109 Å². The molecule has 2 saturated carbocycles. The van der Waals surface area contributed by atoms with Crippen molar-refractivity contribution in [2.45, 2.75) is 101 Å². The third-order valence-corrected chi connectivity index (χ3v) is 14.8. The van der Waals surface area contributed by atoms with Crippen LogP contribution in [0.15, 0.2) is 42.6 Å². The molecular formula is C42H50N6O5S. The standard InChI is InChI=1S/C42H50N6O5S/c1-4-46-24-31-21-30(46)25-47(31)42(50)36-22-43-45(2)39(36)29-18-28-19-32(53-3)15-17-34(28)40-38(26-10-6-5-7-11-26)35-16-14-27(20-37(35)48(40)23-29)41(49)44-54(51,52)33-12-8-9-13-33/h14-20,22,26,30-31,33H,4-13,21,23-25H2,1-3H3,(H,44,49)/t30-,31?/m0/s1. The average Bonchev–Trinajstić information content (AvgIpc) is 4.03. The van der Waals surface area contributed by atoms with Gasteiger partial charge in [-0.1, -0.05) is 45.1 Å². The number of hydrogen-bond acceptors (Lipinski definition) is 7. The normalized spacial score (nSPS) is 22.0. The number of fused-ring (bicyclic) bond motifs is 7. The molecule has 12 heteroatoms. The summed E-state index contributed by atoms with van der Waals surface area (Å²) in [6.07, 6.45) is 13.4. The number of rotatable bonds is 8. The van der Waals surface area contributed by atoms with Crippen molar-refractivity contribution in [3.8, 4) is 17.0 Å². The zero-order valence-electron chi connectivity index (χ0n) is 31.5. The molecule has 9 rings (SSSR count). The lowest BCUT2D eigenvalue weighted by molar-refractivity contribution is 0.0630. The molecule has 2 bridgehead atoms. The highest BCUT2D eigenvalue weighted by Crippen LogP contribution is 2.48. The van der Waals surface area contributed by atoms with Gasteiger partial charge in [0.15, 0.2) is 0 Å². The number of aromatic nitrogens is 3. The molecule has 2 atom stereocenters. The van der Waals surface area contributed by atoms with Crippen molar-refractivity contribution in [2.24, 2.45) is 7.05 Å². The van der Waals surface area contributed by atoms with Crippen molar-refractivity contribution in [2.75, 3.05) is 26.7 Å². The first-order valence-corrected chi connectivity index (χ1v) is 21.4. The predicted octanol–water partition coefficient (Wildman–Crippen LogP) is 6.57. The fourth-order valence-corrected chi connectivity index (χ4v) is 11.8. The molecule has 2 saturated heterocycles. The van der Waals surface area contributed by atoms with Crippen LogP contribution in [0.3, 0.4) is 0 Å². The van der Waals surface area contributed by atoms with Crippen molar-refractivity contribution in [3.05, 3.63) is 70.5 Å². The summed E-state index contributed by atoms with van der Waals surface area (Å²) in [7, 11) is -0.217. The van der Waals surface area contributed by atoms with Crippen molar-refractivity contribution in [1.82, 2.24) is 28.9 Å². The third-order valence-electron chi connectivity index (χ3n) is 13.0. The largest absolute Gasteiger partial charge is 0.497 e. The molecule has 1 unspecified atom stereocenters. The summed E-state index contributed by atoms with van der Waals surface area (Å²) < 4.78 is 38.7. The van der Waals surface area contributed by atoms with E-state index in [2.05, 4.69) is 44.4 Å². The Labute approximate surface area is 317 Å². The van der Waals surface area contributed by atoms with Gasteiger partial charge in [0.25, 0.3) is 11.8 Å². The molecule has 11 nitrogen and oxygen atoms in total. The molecule has 4 fully saturated rings. The molecule has 2 aliphatic carbocycles. The lowest BCUT2D eigenvalue weighted by atomic mass is 9.81. The van der Waals surface area contributed by atoms with Gasteiger partial charge in [0, 0.05) is 54.3 Å². The smallest absolute Gasteiger partial charge is 0.264 e. The number of amides is 2. The van der Waals surface area contributed by atoms with E-state index in [1.54, 1.807) is 19.4 Å². The maximum Gasteiger partial charge on any atom is 0.264 e.